The van der Waals surface area contributed by atoms with E-state index in [4.69, 9.17) is 9.47 Å². The Morgan fingerprint density at radius 3 is 2.57 bits per heavy atom. The van der Waals surface area contributed by atoms with Crippen molar-refractivity contribution in [2.24, 2.45) is 0 Å². The van der Waals surface area contributed by atoms with E-state index in [1.54, 1.807) is 0 Å². The van der Waals surface area contributed by atoms with Crippen molar-refractivity contribution in [3.05, 3.63) is 54.0 Å². The van der Waals surface area contributed by atoms with Crippen molar-refractivity contribution in [3.8, 4) is 5.75 Å². The summed E-state index contributed by atoms with van der Waals surface area (Å²) in [6.45, 7) is -0.326. The number of anilines is 1. The van der Waals surface area contributed by atoms with Crippen LogP contribution in [0.1, 0.15) is 6.42 Å². The lowest BCUT2D eigenvalue weighted by Crippen LogP contribution is -2.62. The standard InChI is InChI=1S/C22H20F4N4O4S/c1-33-18-3-2-13(23)8-19(18)35(31,32)30-6-7-34-22(30)4-5-29(12-20(22)26)21-11-27-16-9-14(24)15(25)10-17(16)28-21/h2-3,8-11,20H,4-7,12H2,1H3/t20-,22+/m1/s1. The molecule has 13 heteroatoms. The molecule has 0 bridgehead atoms. The van der Waals surface area contributed by atoms with Gasteiger partial charge in [0.05, 0.1) is 37.5 Å². The molecule has 2 aliphatic heterocycles. The zero-order valence-electron chi connectivity index (χ0n) is 18.4. The van der Waals surface area contributed by atoms with E-state index < -0.39 is 44.3 Å². The highest BCUT2D eigenvalue weighted by atomic mass is 32.2. The Kier molecular flexibility index (Phi) is 5.80. The number of sulfonamides is 1. The molecule has 3 aromatic rings. The summed E-state index contributed by atoms with van der Waals surface area (Å²) in [7, 11) is -3.13. The van der Waals surface area contributed by atoms with Gasteiger partial charge >= 0.3 is 0 Å². The number of aromatic nitrogens is 2. The topological polar surface area (TPSA) is 84.9 Å². The van der Waals surface area contributed by atoms with Crippen LogP contribution < -0.4 is 9.64 Å². The highest BCUT2D eigenvalue weighted by molar-refractivity contribution is 7.89. The molecule has 35 heavy (non-hydrogen) atoms. The Morgan fingerprint density at radius 2 is 1.86 bits per heavy atom. The van der Waals surface area contributed by atoms with Gasteiger partial charge in [0.25, 0.3) is 0 Å². The number of ether oxygens (including phenoxy) is 2. The third kappa shape index (κ3) is 3.87. The number of benzene rings is 2. The van der Waals surface area contributed by atoms with Gasteiger partial charge in [0.15, 0.2) is 23.5 Å². The lowest BCUT2D eigenvalue weighted by Gasteiger charge is -2.45. The lowest BCUT2D eigenvalue weighted by atomic mass is 9.98. The zero-order chi connectivity index (χ0) is 25.0. The van der Waals surface area contributed by atoms with E-state index in [0.29, 0.717) is 0 Å². The maximum Gasteiger partial charge on any atom is 0.249 e. The summed E-state index contributed by atoms with van der Waals surface area (Å²) in [5, 5.41) is 0. The zero-order valence-corrected chi connectivity index (χ0v) is 19.2. The van der Waals surface area contributed by atoms with Crippen molar-refractivity contribution >= 4 is 26.9 Å². The van der Waals surface area contributed by atoms with Crippen LogP contribution in [0.2, 0.25) is 0 Å². The molecular formula is C22H20F4N4O4S. The highest BCUT2D eigenvalue weighted by Crippen LogP contribution is 2.42. The molecule has 5 rings (SSSR count). The molecule has 2 aromatic carbocycles. The first kappa shape index (κ1) is 23.7. The van der Waals surface area contributed by atoms with Crippen LogP contribution >= 0.6 is 0 Å². The predicted octanol–water partition coefficient (Wildman–Crippen LogP) is 3.02. The van der Waals surface area contributed by atoms with Crippen molar-refractivity contribution in [1.29, 1.82) is 0 Å². The SMILES string of the molecule is COc1ccc(F)cc1S(=O)(=O)N1CCO[C@]12CCN(c1cnc3cc(F)c(F)cc3n1)C[C@H]2F. The van der Waals surface area contributed by atoms with Crippen molar-refractivity contribution in [1.82, 2.24) is 14.3 Å². The molecule has 0 radical (unpaired) electrons. The summed E-state index contributed by atoms with van der Waals surface area (Å²) >= 11 is 0. The maximum atomic E-state index is 15.7. The first-order chi connectivity index (χ1) is 16.7. The van der Waals surface area contributed by atoms with Gasteiger partial charge in [-0.2, -0.15) is 4.31 Å². The predicted molar refractivity (Wildman–Crippen MR) is 117 cm³/mol. The minimum absolute atomic E-state index is 0.0437. The quantitative estimate of drug-likeness (QED) is 0.497. The minimum Gasteiger partial charge on any atom is -0.495 e. The highest BCUT2D eigenvalue weighted by Gasteiger charge is 2.57. The molecule has 0 amide bonds. The second-order valence-corrected chi connectivity index (χ2v) is 10.0. The van der Waals surface area contributed by atoms with Crippen molar-refractivity contribution < 1.29 is 35.5 Å². The third-order valence-electron chi connectivity index (χ3n) is 6.27. The van der Waals surface area contributed by atoms with Crippen molar-refractivity contribution in [2.75, 3.05) is 38.3 Å². The van der Waals surface area contributed by atoms with Gasteiger partial charge in [-0.1, -0.05) is 0 Å². The van der Waals surface area contributed by atoms with Crippen LogP contribution in [-0.4, -0.2) is 67.9 Å². The van der Waals surface area contributed by atoms with Crippen LogP contribution in [0.5, 0.6) is 5.75 Å². The van der Waals surface area contributed by atoms with Gasteiger partial charge < -0.3 is 14.4 Å². The second-order valence-electron chi connectivity index (χ2n) is 8.21. The molecule has 8 nitrogen and oxygen atoms in total. The van der Waals surface area contributed by atoms with Gasteiger partial charge in [-0.05, 0) is 18.2 Å². The molecule has 0 unspecified atom stereocenters. The normalized spacial score (nSPS) is 23.3. The fourth-order valence-corrected chi connectivity index (χ4v) is 6.43. The Morgan fingerprint density at radius 1 is 1.11 bits per heavy atom. The van der Waals surface area contributed by atoms with E-state index in [-0.39, 0.29) is 55.3 Å². The molecule has 2 aliphatic rings. The van der Waals surface area contributed by atoms with Crippen molar-refractivity contribution in [2.45, 2.75) is 23.2 Å². The van der Waals surface area contributed by atoms with E-state index in [0.717, 1.165) is 28.6 Å². The van der Waals surface area contributed by atoms with Gasteiger partial charge in [-0.15, -0.1) is 0 Å². The fourth-order valence-electron chi connectivity index (χ4n) is 4.54. The van der Waals surface area contributed by atoms with Gasteiger partial charge in [0.1, 0.15) is 22.3 Å². The molecule has 3 heterocycles. The Bertz CT molecular complexity index is 1410. The van der Waals surface area contributed by atoms with E-state index in [9.17, 15) is 21.6 Å². The summed E-state index contributed by atoms with van der Waals surface area (Å²) in [6, 6.07) is 4.90. The molecule has 2 atom stereocenters. The molecule has 0 aliphatic carbocycles. The Balaban J connectivity index is 1.44. The molecular weight excluding hydrogens is 492 g/mol. The average molecular weight is 512 g/mol. The number of hydrogen-bond donors (Lipinski definition) is 0. The number of fused-ring (bicyclic) bond motifs is 1. The molecule has 186 valence electrons. The van der Waals surface area contributed by atoms with E-state index in [2.05, 4.69) is 9.97 Å². The van der Waals surface area contributed by atoms with Gasteiger partial charge in [-0.3, -0.25) is 4.98 Å². The Hall–Kier alpha value is -3.03. The third-order valence-corrected chi connectivity index (χ3v) is 8.21. The number of methoxy groups -OCH3 is 1. The summed E-state index contributed by atoms with van der Waals surface area (Å²) in [5.41, 5.74) is -1.57. The lowest BCUT2D eigenvalue weighted by molar-refractivity contribution is -0.116. The first-order valence-corrected chi connectivity index (χ1v) is 12.1. The summed E-state index contributed by atoms with van der Waals surface area (Å²) in [6.07, 6.45) is -0.565. The van der Waals surface area contributed by atoms with E-state index >= 15 is 4.39 Å². The van der Waals surface area contributed by atoms with Crippen LogP contribution in [0.3, 0.4) is 0 Å². The second kappa shape index (κ2) is 8.57. The number of piperidine rings is 1. The molecule has 2 fully saturated rings. The summed E-state index contributed by atoms with van der Waals surface area (Å²) in [5.74, 6) is -2.77. The molecule has 1 spiro atoms. The van der Waals surface area contributed by atoms with Crippen LogP contribution in [0.15, 0.2) is 41.4 Å². The monoisotopic (exact) mass is 512 g/mol. The number of rotatable bonds is 4. The van der Waals surface area contributed by atoms with Gasteiger partial charge in [-0.25, -0.2) is 31.0 Å². The number of halogens is 4. The molecule has 0 N–H and O–H groups in total. The number of alkyl halides is 1. The fraction of sp³-hybridized carbons (Fsp3) is 0.364. The van der Waals surface area contributed by atoms with Gasteiger partial charge in [0.2, 0.25) is 10.0 Å². The summed E-state index contributed by atoms with van der Waals surface area (Å²) < 4.78 is 95.4. The van der Waals surface area contributed by atoms with Crippen LogP contribution in [0, 0.1) is 17.5 Å². The molecule has 2 saturated heterocycles. The number of nitrogens with zero attached hydrogens (tertiary/aromatic N) is 4. The first-order valence-electron chi connectivity index (χ1n) is 10.7. The van der Waals surface area contributed by atoms with Gasteiger partial charge in [0, 0.05) is 31.6 Å². The maximum absolute atomic E-state index is 15.7. The largest absolute Gasteiger partial charge is 0.495 e. The summed E-state index contributed by atoms with van der Waals surface area (Å²) in [4.78, 5) is 9.44. The Labute approximate surface area is 198 Å². The minimum atomic E-state index is -4.39. The molecule has 0 saturated carbocycles. The van der Waals surface area contributed by atoms with Crippen LogP contribution in [0.25, 0.3) is 11.0 Å². The number of hydrogen-bond acceptors (Lipinski definition) is 7. The average Bonchev–Trinajstić information content (AvgIpc) is 3.27. The van der Waals surface area contributed by atoms with Crippen molar-refractivity contribution in [3.63, 3.8) is 0 Å². The van der Waals surface area contributed by atoms with E-state index in [1.165, 1.54) is 24.3 Å². The van der Waals surface area contributed by atoms with E-state index in [1.807, 2.05) is 0 Å². The smallest absolute Gasteiger partial charge is 0.249 e. The molecule has 1 aromatic heterocycles. The van der Waals surface area contributed by atoms with Crippen LogP contribution in [-0.2, 0) is 14.8 Å². The van der Waals surface area contributed by atoms with Crippen LogP contribution in [0.4, 0.5) is 23.4 Å².